The maximum atomic E-state index is 12.5. The first-order chi connectivity index (χ1) is 15.0. The van der Waals surface area contributed by atoms with Crippen LogP contribution < -0.4 is 4.90 Å². The van der Waals surface area contributed by atoms with Crippen molar-refractivity contribution in [3.8, 4) is 0 Å². The smallest absolute Gasteiger partial charge is 0.311 e. The molecule has 0 radical (unpaired) electrons. The van der Waals surface area contributed by atoms with Gasteiger partial charge in [0.05, 0.1) is 5.92 Å². The quantitative estimate of drug-likeness (QED) is 0.446. The third-order valence-electron chi connectivity index (χ3n) is 5.44. The number of rotatable bonds is 6. The number of anilines is 1. The van der Waals surface area contributed by atoms with Gasteiger partial charge in [-0.05, 0) is 24.6 Å². The Morgan fingerprint density at radius 2 is 1.55 bits per heavy atom. The van der Waals surface area contributed by atoms with Crippen LogP contribution in [0, 0.1) is 12.8 Å². The van der Waals surface area contributed by atoms with Gasteiger partial charge in [0, 0.05) is 29.8 Å². The van der Waals surface area contributed by atoms with E-state index in [9.17, 15) is 14.4 Å². The Kier molecular flexibility index (Phi) is 5.94. The fourth-order valence-electron chi connectivity index (χ4n) is 3.62. The minimum absolute atomic E-state index is 0.0511. The Hall–Kier alpha value is -3.73. The van der Waals surface area contributed by atoms with Crippen molar-refractivity contribution in [3.05, 3.63) is 101 Å². The third-order valence-corrected chi connectivity index (χ3v) is 5.44. The summed E-state index contributed by atoms with van der Waals surface area (Å²) in [5.74, 6) is -0.987. The zero-order valence-corrected chi connectivity index (χ0v) is 17.3. The molecule has 0 N–H and O–H groups in total. The normalized spacial score (nSPS) is 15.7. The van der Waals surface area contributed by atoms with Gasteiger partial charge in [-0.2, -0.15) is 0 Å². The molecule has 1 aliphatic heterocycles. The lowest BCUT2D eigenvalue weighted by molar-refractivity contribution is -0.149. The molecule has 3 aromatic rings. The minimum Gasteiger partial charge on any atom is -0.461 e. The van der Waals surface area contributed by atoms with Crippen LogP contribution in [-0.2, 0) is 20.9 Å². The molecule has 1 aliphatic rings. The van der Waals surface area contributed by atoms with Gasteiger partial charge < -0.3 is 9.64 Å². The van der Waals surface area contributed by atoms with E-state index < -0.39 is 5.92 Å². The SMILES string of the molecule is Cc1ccc(N2C[C@@H](C(=O)OCc3ccc(C(=O)c4ccccc4)cc3)CC2=O)cc1. The van der Waals surface area contributed by atoms with Gasteiger partial charge in [-0.25, -0.2) is 0 Å². The molecular weight excluding hydrogens is 390 g/mol. The second-order valence-electron chi connectivity index (χ2n) is 7.74. The second-order valence-corrected chi connectivity index (χ2v) is 7.74. The van der Waals surface area contributed by atoms with Crippen LogP contribution in [0.25, 0.3) is 0 Å². The summed E-state index contributed by atoms with van der Waals surface area (Å²) in [7, 11) is 0. The zero-order valence-electron chi connectivity index (χ0n) is 17.3. The molecule has 0 spiro atoms. The number of ketones is 1. The number of hydrogen-bond acceptors (Lipinski definition) is 4. The highest BCUT2D eigenvalue weighted by Crippen LogP contribution is 2.26. The van der Waals surface area contributed by atoms with E-state index in [1.54, 1.807) is 41.3 Å². The standard InChI is InChI=1S/C26H23NO4/c1-18-7-13-23(14-8-18)27-16-22(15-24(27)28)26(30)31-17-19-9-11-21(12-10-19)25(29)20-5-3-2-4-6-20/h2-14,22H,15-17H2,1H3/t22-/m0/s1. The van der Waals surface area contributed by atoms with E-state index in [4.69, 9.17) is 4.74 Å². The van der Waals surface area contributed by atoms with Crippen molar-refractivity contribution in [1.29, 1.82) is 0 Å². The molecule has 31 heavy (non-hydrogen) atoms. The molecule has 3 aromatic carbocycles. The van der Waals surface area contributed by atoms with Gasteiger partial charge in [0.1, 0.15) is 6.61 Å². The lowest BCUT2D eigenvalue weighted by Crippen LogP contribution is -2.26. The van der Waals surface area contributed by atoms with E-state index in [1.165, 1.54) is 0 Å². The summed E-state index contributed by atoms with van der Waals surface area (Å²) < 4.78 is 5.45. The molecular formula is C26H23NO4. The van der Waals surface area contributed by atoms with Crippen molar-refractivity contribution in [2.75, 3.05) is 11.4 Å². The lowest BCUT2D eigenvalue weighted by Gasteiger charge is -2.16. The van der Waals surface area contributed by atoms with Gasteiger partial charge in [0.2, 0.25) is 5.91 Å². The Morgan fingerprint density at radius 1 is 0.903 bits per heavy atom. The fraction of sp³-hybridized carbons (Fsp3) is 0.192. The molecule has 1 fully saturated rings. The summed E-state index contributed by atoms with van der Waals surface area (Å²) in [6.07, 6.45) is 0.150. The van der Waals surface area contributed by atoms with Crippen molar-refractivity contribution < 1.29 is 19.1 Å². The van der Waals surface area contributed by atoms with Crippen molar-refractivity contribution in [2.45, 2.75) is 20.0 Å². The lowest BCUT2D eigenvalue weighted by atomic mass is 10.0. The van der Waals surface area contributed by atoms with Gasteiger partial charge in [-0.3, -0.25) is 14.4 Å². The van der Waals surface area contributed by atoms with Crippen molar-refractivity contribution in [3.63, 3.8) is 0 Å². The third kappa shape index (κ3) is 4.72. The van der Waals surface area contributed by atoms with Gasteiger partial charge in [-0.15, -0.1) is 0 Å². The van der Waals surface area contributed by atoms with Crippen molar-refractivity contribution in [1.82, 2.24) is 0 Å². The van der Waals surface area contributed by atoms with Crippen molar-refractivity contribution in [2.24, 2.45) is 5.92 Å². The first-order valence-electron chi connectivity index (χ1n) is 10.2. The number of esters is 1. The summed E-state index contributed by atoms with van der Waals surface area (Å²) in [5, 5.41) is 0. The van der Waals surface area contributed by atoms with E-state index in [2.05, 4.69) is 0 Å². The van der Waals surface area contributed by atoms with E-state index in [-0.39, 0.29) is 30.7 Å². The predicted octanol–water partition coefficient (Wildman–Crippen LogP) is 4.32. The fourth-order valence-corrected chi connectivity index (χ4v) is 3.62. The molecule has 5 nitrogen and oxygen atoms in total. The molecule has 1 atom stereocenters. The number of amides is 1. The highest BCUT2D eigenvalue weighted by atomic mass is 16.5. The van der Waals surface area contributed by atoms with Crippen LogP contribution in [0.15, 0.2) is 78.9 Å². The van der Waals surface area contributed by atoms with Crippen molar-refractivity contribution >= 4 is 23.3 Å². The van der Waals surface area contributed by atoms with E-state index in [0.29, 0.717) is 17.7 Å². The number of ether oxygens (including phenoxy) is 1. The Labute approximate surface area is 181 Å². The molecule has 1 heterocycles. The Bertz CT molecular complexity index is 1090. The minimum atomic E-state index is -0.479. The molecule has 5 heteroatoms. The summed E-state index contributed by atoms with van der Waals surface area (Å²) in [6, 6.07) is 23.8. The first kappa shape index (κ1) is 20.5. The molecule has 0 unspecified atom stereocenters. The van der Waals surface area contributed by atoms with Crippen LogP contribution in [-0.4, -0.2) is 24.2 Å². The van der Waals surface area contributed by atoms with E-state index in [0.717, 1.165) is 16.8 Å². The summed E-state index contributed by atoms with van der Waals surface area (Å²) in [6.45, 7) is 2.42. The molecule has 1 saturated heterocycles. The molecule has 0 bridgehead atoms. The first-order valence-corrected chi connectivity index (χ1v) is 10.2. The molecule has 1 amide bonds. The summed E-state index contributed by atoms with van der Waals surface area (Å²) >= 11 is 0. The van der Waals surface area contributed by atoms with Gasteiger partial charge >= 0.3 is 5.97 Å². The number of carbonyl (C=O) groups excluding carboxylic acids is 3. The van der Waals surface area contributed by atoms with Gasteiger partial charge in [0.25, 0.3) is 0 Å². The molecule has 156 valence electrons. The number of benzene rings is 3. The summed E-state index contributed by atoms with van der Waals surface area (Å²) in [4.78, 5) is 39.0. The second kappa shape index (κ2) is 8.96. The predicted molar refractivity (Wildman–Crippen MR) is 118 cm³/mol. The molecule has 0 aliphatic carbocycles. The maximum absolute atomic E-state index is 12.5. The van der Waals surface area contributed by atoms with E-state index >= 15 is 0 Å². The number of hydrogen-bond donors (Lipinski definition) is 0. The zero-order chi connectivity index (χ0) is 21.8. The number of aryl methyl sites for hydroxylation is 1. The molecule has 0 aromatic heterocycles. The topological polar surface area (TPSA) is 63.7 Å². The largest absolute Gasteiger partial charge is 0.461 e. The van der Waals surface area contributed by atoms with Gasteiger partial charge in [-0.1, -0.05) is 72.3 Å². The van der Waals surface area contributed by atoms with E-state index in [1.807, 2.05) is 49.4 Å². The Balaban J connectivity index is 1.33. The molecule has 4 rings (SSSR count). The highest BCUT2D eigenvalue weighted by Gasteiger charge is 2.36. The maximum Gasteiger partial charge on any atom is 0.311 e. The van der Waals surface area contributed by atoms with Crippen LogP contribution in [0.4, 0.5) is 5.69 Å². The summed E-state index contributed by atoms with van der Waals surface area (Å²) in [5.41, 5.74) is 3.91. The average Bonchev–Trinajstić information content (AvgIpc) is 3.20. The monoisotopic (exact) mass is 413 g/mol. The Morgan fingerprint density at radius 3 is 2.23 bits per heavy atom. The highest BCUT2D eigenvalue weighted by molar-refractivity contribution is 6.08. The van der Waals surface area contributed by atoms with Gasteiger partial charge in [0.15, 0.2) is 5.78 Å². The van der Waals surface area contributed by atoms with Crippen LogP contribution in [0.5, 0.6) is 0 Å². The van der Waals surface area contributed by atoms with Crippen LogP contribution >= 0.6 is 0 Å². The number of nitrogens with zero attached hydrogens (tertiary/aromatic N) is 1. The number of carbonyl (C=O) groups is 3. The van der Waals surface area contributed by atoms with Crippen LogP contribution in [0.1, 0.15) is 33.5 Å². The van der Waals surface area contributed by atoms with Crippen LogP contribution in [0.2, 0.25) is 0 Å². The van der Waals surface area contributed by atoms with Crippen LogP contribution in [0.3, 0.4) is 0 Å². The molecule has 0 saturated carbocycles. The average molecular weight is 413 g/mol.